The number of nitriles is 1. The van der Waals surface area contributed by atoms with Crippen LogP contribution in [0.25, 0.3) is 5.69 Å². The third-order valence-corrected chi connectivity index (χ3v) is 2.65. The van der Waals surface area contributed by atoms with Crippen molar-refractivity contribution in [3.05, 3.63) is 56.9 Å². The van der Waals surface area contributed by atoms with Crippen LogP contribution in [-0.2, 0) is 0 Å². The summed E-state index contributed by atoms with van der Waals surface area (Å²) >= 11 is 0. The highest BCUT2D eigenvalue weighted by atomic mass is 16.5. The van der Waals surface area contributed by atoms with Crippen LogP contribution in [0.1, 0.15) is 18.9 Å². The van der Waals surface area contributed by atoms with Crippen molar-refractivity contribution in [1.29, 1.82) is 5.26 Å². The molecule has 2 aromatic rings. The zero-order valence-electron chi connectivity index (χ0n) is 10.9. The molecule has 1 aromatic carbocycles. The van der Waals surface area contributed by atoms with E-state index >= 15 is 0 Å². The first kappa shape index (κ1) is 13.6. The summed E-state index contributed by atoms with van der Waals surface area (Å²) in [6, 6.07) is 8.58. The van der Waals surface area contributed by atoms with Crippen molar-refractivity contribution < 1.29 is 4.74 Å². The number of H-pyrrole nitrogens is 1. The standard InChI is InChI=1S/C14H13N3O3/c1-2-7-20-12-5-3-11(4-6-12)17-9-10(8-15)13(18)16-14(17)19/h3-6,9H,2,7H2,1H3,(H,16,18,19). The van der Waals surface area contributed by atoms with Crippen molar-refractivity contribution >= 4 is 0 Å². The Balaban J connectivity index is 2.40. The van der Waals surface area contributed by atoms with E-state index in [2.05, 4.69) is 4.98 Å². The third kappa shape index (κ3) is 2.78. The van der Waals surface area contributed by atoms with E-state index in [4.69, 9.17) is 10.00 Å². The number of rotatable bonds is 4. The Morgan fingerprint density at radius 1 is 1.30 bits per heavy atom. The molecule has 6 nitrogen and oxygen atoms in total. The van der Waals surface area contributed by atoms with Crippen molar-refractivity contribution in [3.8, 4) is 17.5 Å². The Hall–Kier alpha value is -2.81. The molecule has 0 atom stereocenters. The summed E-state index contributed by atoms with van der Waals surface area (Å²) in [6.45, 7) is 2.63. The highest BCUT2D eigenvalue weighted by Gasteiger charge is 2.05. The summed E-state index contributed by atoms with van der Waals surface area (Å²) in [5, 5.41) is 8.82. The minimum atomic E-state index is -0.684. The van der Waals surface area contributed by atoms with Gasteiger partial charge in [-0.3, -0.25) is 14.3 Å². The number of benzene rings is 1. The molecule has 6 heteroatoms. The smallest absolute Gasteiger partial charge is 0.332 e. The number of hydrogen-bond acceptors (Lipinski definition) is 4. The first-order valence-electron chi connectivity index (χ1n) is 6.15. The Kier molecular flexibility index (Phi) is 4.01. The second-order valence-electron chi connectivity index (χ2n) is 4.13. The Labute approximate surface area is 114 Å². The average Bonchev–Trinajstić information content (AvgIpc) is 2.46. The summed E-state index contributed by atoms with van der Waals surface area (Å²) in [4.78, 5) is 25.2. The molecule has 1 aromatic heterocycles. The molecule has 0 aliphatic rings. The maximum absolute atomic E-state index is 11.7. The van der Waals surface area contributed by atoms with Gasteiger partial charge in [0, 0.05) is 6.20 Å². The lowest BCUT2D eigenvalue weighted by Crippen LogP contribution is -2.29. The number of aromatic amines is 1. The maximum atomic E-state index is 11.7. The van der Waals surface area contributed by atoms with Crippen LogP contribution >= 0.6 is 0 Å². The third-order valence-electron chi connectivity index (χ3n) is 2.65. The molecule has 0 radical (unpaired) electrons. The molecule has 0 aliphatic heterocycles. The van der Waals surface area contributed by atoms with Crippen molar-refractivity contribution in [2.45, 2.75) is 13.3 Å². The molecule has 2 rings (SSSR count). The molecule has 0 saturated carbocycles. The van der Waals surface area contributed by atoms with E-state index in [0.29, 0.717) is 18.0 Å². The van der Waals surface area contributed by atoms with Crippen LogP contribution in [-0.4, -0.2) is 16.2 Å². The fourth-order valence-electron chi connectivity index (χ4n) is 1.67. The minimum Gasteiger partial charge on any atom is -0.494 e. The van der Waals surface area contributed by atoms with Crippen molar-refractivity contribution in [3.63, 3.8) is 0 Å². The van der Waals surface area contributed by atoms with Gasteiger partial charge in [-0.25, -0.2) is 4.79 Å². The van der Waals surface area contributed by atoms with Crippen LogP contribution in [0.15, 0.2) is 40.1 Å². The number of nitrogens with one attached hydrogen (secondary N) is 1. The van der Waals surface area contributed by atoms with E-state index in [-0.39, 0.29) is 5.56 Å². The topological polar surface area (TPSA) is 87.9 Å². The summed E-state index contributed by atoms with van der Waals surface area (Å²) in [6.07, 6.45) is 2.13. The minimum absolute atomic E-state index is 0.115. The zero-order valence-corrected chi connectivity index (χ0v) is 10.9. The lowest BCUT2D eigenvalue weighted by molar-refractivity contribution is 0.317. The molecular formula is C14H13N3O3. The molecule has 0 spiro atoms. The Morgan fingerprint density at radius 3 is 2.60 bits per heavy atom. The summed E-state index contributed by atoms with van der Waals surface area (Å²) in [7, 11) is 0. The monoisotopic (exact) mass is 271 g/mol. The van der Waals surface area contributed by atoms with Crippen LogP contribution in [0.5, 0.6) is 5.75 Å². The normalized spacial score (nSPS) is 10.0. The predicted octanol–water partition coefficient (Wildman–Crippen LogP) is 1.19. The molecule has 102 valence electrons. The van der Waals surface area contributed by atoms with E-state index < -0.39 is 11.2 Å². The first-order valence-corrected chi connectivity index (χ1v) is 6.15. The fraction of sp³-hybridized carbons (Fsp3) is 0.214. The molecular weight excluding hydrogens is 258 g/mol. The summed E-state index contributed by atoms with van der Waals surface area (Å²) in [5.74, 6) is 0.702. The van der Waals surface area contributed by atoms with E-state index in [1.165, 1.54) is 10.8 Å². The fourth-order valence-corrected chi connectivity index (χ4v) is 1.67. The molecule has 0 amide bonds. The van der Waals surface area contributed by atoms with E-state index in [1.54, 1.807) is 30.3 Å². The SMILES string of the molecule is CCCOc1ccc(-n2cc(C#N)c(=O)[nH]c2=O)cc1. The van der Waals surface area contributed by atoms with Crippen molar-refractivity contribution in [2.75, 3.05) is 6.61 Å². The highest BCUT2D eigenvalue weighted by molar-refractivity contribution is 5.38. The van der Waals surface area contributed by atoms with Gasteiger partial charge in [0.1, 0.15) is 17.4 Å². The van der Waals surface area contributed by atoms with Crippen molar-refractivity contribution in [1.82, 2.24) is 9.55 Å². The van der Waals surface area contributed by atoms with Gasteiger partial charge < -0.3 is 4.74 Å². The number of hydrogen-bond donors (Lipinski definition) is 1. The summed E-state index contributed by atoms with van der Waals surface area (Å²) in [5.41, 5.74) is -0.838. The molecule has 0 fully saturated rings. The van der Waals surface area contributed by atoms with Gasteiger partial charge in [-0.2, -0.15) is 5.26 Å². The first-order chi connectivity index (χ1) is 9.65. The second-order valence-corrected chi connectivity index (χ2v) is 4.13. The van der Waals surface area contributed by atoms with Crippen LogP contribution < -0.4 is 16.0 Å². The largest absolute Gasteiger partial charge is 0.494 e. The molecule has 1 heterocycles. The van der Waals surface area contributed by atoms with E-state index in [9.17, 15) is 9.59 Å². The lowest BCUT2D eigenvalue weighted by Gasteiger charge is -2.07. The number of nitrogens with zero attached hydrogens (tertiary/aromatic N) is 2. The molecule has 0 aliphatic carbocycles. The molecule has 0 bridgehead atoms. The van der Waals surface area contributed by atoms with Gasteiger partial charge in [0.2, 0.25) is 0 Å². The lowest BCUT2D eigenvalue weighted by atomic mass is 10.3. The molecule has 1 N–H and O–H groups in total. The van der Waals surface area contributed by atoms with Crippen molar-refractivity contribution in [2.24, 2.45) is 0 Å². The number of ether oxygens (including phenoxy) is 1. The van der Waals surface area contributed by atoms with Gasteiger partial charge in [-0.05, 0) is 30.7 Å². The molecule has 0 unspecified atom stereocenters. The van der Waals surface area contributed by atoms with E-state index in [0.717, 1.165) is 6.42 Å². The van der Waals surface area contributed by atoms with Crippen LogP contribution in [0, 0.1) is 11.3 Å². The van der Waals surface area contributed by atoms with Gasteiger partial charge in [0.15, 0.2) is 0 Å². The zero-order chi connectivity index (χ0) is 14.5. The predicted molar refractivity (Wildman–Crippen MR) is 73.2 cm³/mol. The quantitative estimate of drug-likeness (QED) is 0.904. The molecule has 20 heavy (non-hydrogen) atoms. The Bertz CT molecular complexity index is 751. The molecule has 0 saturated heterocycles. The summed E-state index contributed by atoms with van der Waals surface area (Å²) < 4.78 is 6.65. The highest BCUT2D eigenvalue weighted by Crippen LogP contribution is 2.14. The number of aromatic nitrogens is 2. The van der Waals surface area contributed by atoms with Gasteiger partial charge in [0.05, 0.1) is 12.3 Å². The van der Waals surface area contributed by atoms with Crippen LogP contribution in [0.4, 0.5) is 0 Å². The second kappa shape index (κ2) is 5.89. The van der Waals surface area contributed by atoms with E-state index in [1.807, 2.05) is 6.92 Å². The maximum Gasteiger partial charge on any atom is 0.332 e. The van der Waals surface area contributed by atoms with Gasteiger partial charge >= 0.3 is 5.69 Å². The Morgan fingerprint density at radius 2 is 2.00 bits per heavy atom. The average molecular weight is 271 g/mol. The van der Waals surface area contributed by atoms with Gasteiger partial charge in [-0.15, -0.1) is 0 Å². The van der Waals surface area contributed by atoms with Crippen LogP contribution in [0.2, 0.25) is 0 Å². The van der Waals surface area contributed by atoms with Gasteiger partial charge in [-0.1, -0.05) is 6.92 Å². The van der Waals surface area contributed by atoms with Crippen LogP contribution in [0.3, 0.4) is 0 Å². The van der Waals surface area contributed by atoms with Gasteiger partial charge in [0.25, 0.3) is 5.56 Å².